The highest BCUT2D eigenvalue weighted by atomic mass is 32.2. The number of carbonyl (C=O) groups is 3. The zero-order valence-electron chi connectivity index (χ0n) is 18.9. The second kappa shape index (κ2) is 19.1. The first-order valence-corrected chi connectivity index (χ1v) is 13.2. The van der Waals surface area contributed by atoms with Gasteiger partial charge in [-0.15, -0.1) is 0 Å². The summed E-state index contributed by atoms with van der Waals surface area (Å²) in [5.74, 6) is -0.710. The molecule has 0 aliphatic carbocycles. The van der Waals surface area contributed by atoms with Crippen molar-refractivity contribution in [2.75, 3.05) is 70.5 Å². The van der Waals surface area contributed by atoms with Crippen molar-refractivity contribution >= 4 is 37.2 Å². The molecule has 0 saturated carbocycles. The SMILES string of the molecule is CC(=O)OC[C@H](CSC[C@H](N)C(=O)NCCOCCOCCOCCP(=O)(O)O)OC(C)=O. The smallest absolute Gasteiger partial charge is 0.327 e. The second-order valence-electron chi connectivity index (χ2n) is 6.69. The highest BCUT2D eigenvalue weighted by Crippen LogP contribution is 2.33. The molecule has 13 nitrogen and oxygen atoms in total. The molecule has 0 unspecified atom stereocenters. The largest absolute Gasteiger partial charge is 0.462 e. The van der Waals surface area contributed by atoms with Crippen LogP contribution in [0.15, 0.2) is 0 Å². The predicted molar refractivity (Wildman–Crippen MR) is 120 cm³/mol. The lowest BCUT2D eigenvalue weighted by Crippen LogP contribution is -2.43. The molecule has 0 aliphatic heterocycles. The van der Waals surface area contributed by atoms with Crippen LogP contribution in [-0.4, -0.2) is 110 Å². The molecule has 0 aromatic heterocycles. The molecule has 0 aliphatic rings. The standard InChI is InChI=1S/C18H35N2O11PS/c1-14(21)30-11-16(31-15(2)22)12-33-13-17(19)18(23)20-3-4-27-5-6-28-7-8-29-9-10-32(24,25)26/h16-17H,3-13,19H2,1-2H3,(H,20,23)(H2,24,25,26)/t16-,17+/m1/s1. The van der Waals surface area contributed by atoms with Crippen LogP contribution in [0.3, 0.4) is 0 Å². The highest BCUT2D eigenvalue weighted by molar-refractivity contribution is 7.99. The average molecular weight is 519 g/mol. The van der Waals surface area contributed by atoms with Gasteiger partial charge >= 0.3 is 19.5 Å². The van der Waals surface area contributed by atoms with Crippen molar-refractivity contribution in [3.05, 3.63) is 0 Å². The van der Waals surface area contributed by atoms with Crippen molar-refractivity contribution in [2.24, 2.45) is 5.73 Å². The topological polar surface area (TPSA) is 193 Å². The molecular weight excluding hydrogens is 483 g/mol. The molecule has 0 saturated heterocycles. The predicted octanol–water partition coefficient (Wildman–Crippen LogP) is -1.11. The molecule has 15 heteroatoms. The van der Waals surface area contributed by atoms with Gasteiger partial charge in [0.2, 0.25) is 5.91 Å². The van der Waals surface area contributed by atoms with Gasteiger partial charge in [0.25, 0.3) is 0 Å². The summed E-state index contributed by atoms with van der Waals surface area (Å²) in [6.07, 6.45) is -0.941. The van der Waals surface area contributed by atoms with Crippen molar-refractivity contribution < 1.29 is 52.4 Å². The van der Waals surface area contributed by atoms with E-state index in [1.807, 2.05) is 0 Å². The van der Waals surface area contributed by atoms with Crippen molar-refractivity contribution in [3.63, 3.8) is 0 Å². The van der Waals surface area contributed by atoms with Crippen LogP contribution in [0.25, 0.3) is 0 Å². The third-order valence-corrected chi connectivity index (χ3v) is 5.53. The number of carbonyl (C=O) groups excluding carboxylic acids is 3. The third kappa shape index (κ3) is 22.3. The Hall–Kier alpha value is -1.25. The van der Waals surface area contributed by atoms with E-state index in [4.69, 9.17) is 39.2 Å². The van der Waals surface area contributed by atoms with E-state index >= 15 is 0 Å². The van der Waals surface area contributed by atoms with E-state index < -0.39 is 31.7 Å². The van der Waals surface area contributed by atoms with E-state index in [-0.39, 0.29) is 57.4 Å². The summed E-state index contributed by atoms with van der Waals surface area (Å²) in [6.45, 7) is 4.06. The molecule has 0 aromatic rings. The molecule has 0 radical (unpaired) electrons. The van der Waals surface area contributed by atoms with E-state index in [0.29, 0.717) is 19.0 Å². The van der Waals surface area contributed by atoms with Gasteiger partial charge in [-0.05, 0) is 0 Å². The van der Waals surface area contributed by atoms with Gasteiger partial charge in [-0.25, -0.2) is 0 Å². The monoisotopic (exact) mass is 518 g/mol. The van der Waals surface area contributed by atoms with Crippen LogP contribution >= 0.6 is 19.4 Å². The lowest BCUT2D eigenvalue weighted by Gasteiger charge is -2.17. The van der Waals surface area contributed by atoms with Crippen molar-refractivity contribution in [1.29, 1.82) is 0 Å². The lowest BCUT2D eigenvalue weighted by atomic mass is 10.3. The summed E-state index contributed by atoms with van der Waals surface area (Å²) < 4.78 is 36.1. The average Bonchev–Trinajstić information content (AvgIpc) is 2.71. The van der Waals surface area contributed by atoms with E-state index in [0.717, 1.165) is 0 Å². The lowest BCUT2D eigenvalue weighted by molar-refractivity contribution is -0.154. The Morgan fingerprint density at radius 3 is 2.06 bits per heavy atom. The maximum absolute atomic E-state index is 12.0. The van der Waals surface area contributed by atoms with Gasteiger partial charge in [0, 0.05) is 31.9 Å². The van der Waals surface area contributed by atoms with Gasteiger partial charge in [-0.2, -0.15) is 11.8 Å². The summed E-state index contributed by atoms with van der Waals surface area (Å²) >= 11 is 1.30. The molecular formula is C18H35N2O11PS. The molecule has 5 N–H and O–H groups in total. The second-order valence-corrected chi connectivity index (χ2v) is 9.55. The number of thioether (sulfide) groups is 1. The van der Waals surface area contributed by atoms with Gasteiger partial charge in [-0.3, -0.25) is 18.9 Å². The van der Waals surface area contributed by atoms with Gasteiger partial charge in [0.05, 0.1) is 51.8 Å². The van der Waals surface area contributed by atoms with Crippen LogP contribution in [0, 0.1) is 0 Å². The Labute approximate surface area is 197 Å². The van der Waals surface area contributed by atoms with Crippen molar-refractivity contribution in [1.82, 2.24) is 5.32 Å². The maximum atomic E-state index is 12.0. The molecule has 0 heterocycles. The summed E-state index contributed by atoms with van der Waals surface area (Å²) in [5, 5.41) is 2.65. The molecule has 33 heavy (non-hydrogen) atoms. The fourth-order valence-corrected chi connectivity index (χ4v) is 3.40. The molecule has 1 amide bonds. The number of hydrogen-bond donors (Lipinski definition) is 4. The number of amides is 1. The number of hydrogen-bond acceptors (Lipinski definition) is 11. The van der Waals surface area contributed by atoms with Crippen LogP contribution < -0.4 is 11.1 Å². The minimum absolute atomic E-state index is 0.0362. The van der Waals surface area contributed by atoms with Gasteiger partial charge in [0.15, 0.2) is 0 Å². The fraction of sp³-hybridized carbons (Fsp3) is 0.833. The Kier molecular flexibility index (Phi) is 18.4. The number of ether oxygens (including phenoxy) is 5. The summed E-state index contributed by atoms with van der Waals surface area (Å²) in [5.41, 5.74) is 5.84. The molecule has 0 rings (SSSR count). The quantitative estimate of drug-likeness (QED) is 0.0861. The Morgan fingerprint density at radius 2 is 1.52 bits per heavy atom. The van der Waals surface area contributed by atoms with E-state index in [9.17, 15) is 18.9 Å². The zero-order valence-corrected chi connectivity index (χ0v) is 20.6. The van der Waals surface area contributed by atoms with Crippen LogP contribution in [-0.2, 0) is 42.6 Å². The molecule has 0 bridgehead atoms. The number of nitrogens with two attached hydrogens (primary N) is 1. The zero-order chi connectivity index (χ0) is 25.1. The molecule has 0 spiro atoms. The van der Waals surface area contributed by atoms with Crippen LogP contribution in [0.2, 0.25) is 0 Å². The van der Waals surface area contributed by atoms with Gasteiger partial charge in [-0.1, -0.05) is 0 Å². The van der Waals surface area contributed by atoms with Gasteiger partial charge in [0.1, 0.15) is 12.7 Å². The third-order valence-electron chi connectivity index (χ3n) is 3.56. The summed E-state index contributed by atoms with van der Waals surface area (Å²) in [6, 6.07) is -0.768. The summed E-state index contributed by atoms with van der Waals surface area (Å²) in [7, 11) is -4.03. The number of esters is 2. The maximum Gasteiger partial charge on any atom is 0.327 e. The summed E-state index contributed by atoms with van der Waals surface area (Å²) in [4.78, 5) is 51.3. The first kappa shape index (κ1) is 31.8. The van der Waals surface area contributed by atoms with Gasteiger partial charge < -0.3 is 44.5 Å². The first-order chi connectivity index (χ1) is 15.5. The molecule has 0 fully saturated rings. The Bertz CT molecular complexity index is 620. The molecule has 194 valence electrons. The first-order valence-electron chi connectivity index (χ1n) is 10.2. The fourth-order valence-electron chi connectivity index (χ4n) is 2.07. The van der Waals surface area contributed by atoms with E-state index in [1.54, 1.807) is 0 Å². The van der Waals surface area contributed by atoms with Crippen molar-refractivity contribution in [2.45, 2.75) is 26.0 Å². The number of nitrogens with one attached hydrogen (secondary N) is 1. The van der Waals surface area contributed by atoms with E-state index in [1.165, 1.54) is 25.6 Å². The normalized spacial score (nSPS) is 13.2. The Balaban J connectivity index is 3.71. The minimum Gasteiger partial charge on any atom is -0.462 e. The number of rotatable bonds is 20. The van der Waals surface area contributed by atoms with Crippen LogP contribution in [0.4, 0.5) is 0 Å². The minimum atomic E-state index is -4.03. The molecule has 0 aromatic carbocycles. The molecule has 2 atom stereocenters. The van der Waals surface area contributed by atoms with Crippen molar-refractivity contribution in [3.8, 4) is 0 Å². The Morgan fingerprint density at radius 1 is 0.939 bits per heavy atom. The van der Waals surface area contributed by atoms with E-state index in [2.05, 4.69) is 5.32 Å². The van der Waals surface area contributed by atoms with Crippen LogP contribution in [0.1, 0.15) is 13.8 Å². The highest BCUT2D eigenvalue weighted by Gasteiger charge is 2.17. The van der Waals surface area contributed by atoms with Crippen LogP contribution in [0.5, 0.6) is 0 Å².